The van der Waals surface area contributed by atoms with Crippen molar-refractivity contribution in [3.8, 4) is 5.75 Å². The van der Waals surface area contributed by atoms with E-state index in [1.165, 1.54) is 35.5 Å². The first-order chi connectivity index (χ1) is 15.8. The summed E-state index contributed by atoms with van der Waals surface area (Å²) in [7, 11) is -3.91. The van der Waals surface area contributed by atoms with E-state index >= 15 is 0 Å². The number of para-hydroxylation sites is 1. The molecule has 4 rings (SSSR count). The Hall–Kier alpha value is -3.72. The van der Waals surface area contributed by atoms with E-state index in [2.05, 4.69) is 5.32 Å². The lowest BCUT2D eigenvalue weighted by Crippen LogP contribution is -2.35. The maximum Gasteiger partial charge on any atom is 0.308 e. The van der Waals surface area contributed by atoms with Crippen LogP contribution >= 0.6 is 0 Å². The molecule has 1 amide bonds. The Bertz CT molecular complexity index is 1320. The molecule has 0 fully saturated rings. The second-order valence-electron chi connectivity index (χ2n) is 7.52. The van der Waals surface area contributed by atoms with Gasteiger partial charge in [0.1, 0.15) is 11.6 Å². The largest absolute Gasteiger partial charge is 0.426 e. The van der Waals surface area contributed by atoms with Crippen LogP contribution in [-0.4, -0.2) is 26.8 Å². The SMILES string of the molecule is CC(=O)Oc1ccccc1C(=O)Nc1ccc2c(c1)N(S(=O)(=O)c1ccc(F)cc1)CCC2. The molecule has 0 aliphatic carbocycles. The molecule has 3 aromatic rings. The number of carbonyl (C=O) groups excluding carboxylic acids is 2. The summed E-state index contributed by atoms with van der Waals surface area (Å²) in [5, 5.41) is 2.74. The molecule has 9 heteroatoms. The highest BCUT2D eigenvalue weighted by atomic mass is 32.2. The zero-order valence-electron chi connectivity index (χ0n) is 17.7. The molecule has 1 aliphatic heterocycles. The number of ether oxygens (including phenoxy) is 1. The summed E-state index contributed by atoms with van der Waals surface area (Å²) < 4.78 is 46.1. The van der Waals surface area contributed by atoms with Crippen LogP contribution in [0.15, 0.2) is 71.6 Å². The van der Waals surface area contributed by atoms with Gasteiger partial charge in [0.25, 0.3) is 15.9 Å². The standard InChI is InChI=1S/C24H21FN2O5S/c1-16(28)32-23-7-3-2-6-21(23)24(29)26-19-11-8-17-5-4-14-27(22(17)15-19)33(30,31)20-12-9-18(25)10-13-20/h2-3,6-13,15H,4-5,14H2,1H3,(H,26,29). The second kappa shape index (κ2) is 9.03. The Morgan fingerprint density at radius 2 is 1.76 bits per heavy atom. The average molecular weight is 469 g/mol. The Balaban J connectivity index is 1.65. The van der Waals surface area contributed by atoms with Gasteiger partial charge in [-0.25, -0.2) is 12.8 Å². The molecule has 7 nitrogen and oxygen atoms in total. The molecule has 0 bridgehead atoms. The predicted octanol–water partition coefficient (Wildman–Crippen LogP) is 4.14. The lowest BCUT2D eigenvalue weighted by Gasteiger charge is -2.31. The Labute approximate surface area is 190 Å². The number of aryl methyl sites for hydroxylation is 1. The highest BCUT2D eigenvalue weighted by Gasteiger charge is 2.29. The van der Waals surface area contributed by atoms with Crippen molar-refractivity contribution in [2.45, 2.75) is 24.7 Å². The van der Waals surface area contributed by atoms with Gasteiger partial charge >= 0.3 is 5.97 Å². The molecule has 170 valence electrons. The van der Waals surface area contributed by atoms with E-state index in [0.29, 0.717) is 24.2 Å². The summed E-state index contributed by atoms with van der Waals surface area (Å²) in [5.41, 5.74) is 1.83. The highest BCUT2D eigenvalue weighted by molar-refractivity contribution is 7.92. The van der Waals surface area contributed by atoms with Crippen molar-refractivity contribution < 1.29 is 27.1 Å². The molecule has 0 unspecified atom stereocenters. The Morgan fingerprint density at radius 1 is 1.03 bits per heavy atom. The van der Waals surface area contributed by atoms with Crippen LogP contribution in [0, 0.1) is 5.82 Å². The van der Waals surface area contributed by atoms with Gasteiger partial charge in [-0.3, -0.25) is 13.9 Å². The van der Waals surface area contributed by atoms with Gasteiger partial charge in [-0.1, -0.05) is 18.2 Å². The summed E-state index contributed by atoms with van der Waals surface area (Å²) in [6, 6.07) is 16.1. The number of benzene rings is 3. The van der Waals surface area contributed by atoms with Crippen LogP contribution in [0.25, 0.3) is 0 Å². The predicted molar refractivity (Wildman–Crippen MR) is 121 cm³/mol. The monoisotopic (exact) mass is 468 g/mol. The fraction of sp³-hybridized carbons (Fsp3) is 0.167. The topological polar surface area (TPSA) is 92.8 Å². The van der Waals surface area contributed by atoms with E-state index in [0.717, 1.165) is 17.7 Å². The molecule has 33 heavy (non-hydrogen) atoms. The minimum Gasteiger partial charge on any atom is -0.426 e. The lowest BCUT2D eigenvalue weighted by atomic mass is 10.0. The first-order valence-electron chi connectivity index (χ1n) is 10.3. The molecule has 0 saturated carbocycles. The molecule has 1 heterocycles. The fourth-order valence-corrected chi connectivity index (χ4v) is 5.23. The first-order valence-corrected chi connectivity index (χ1v) is 11.7. The molecule has 0 radical (unpaired) electrons. The number of rotatable bonds is 5. The van der Waals surface area contributed by atoms with Crippen molar-refractivity contribution >= 4 is 33.3 Å². The number of nitrogens with one attached hydrogen (secondary N) is 1. The van der Waals surface area contributed by atoms with Gasteiger partial charge in [0, 0.05) is 19.2 Å². The Morgan fingerprint density at radius 3 is 2.48 bits per heavy atom. The number of hydrogen-bond donors (Lipinski definition) is 1. The highest BCUT2D eigenvalue weighted by Crippen LogP contribution is 2.34. The molecule has 3 aromatic carbocycles. The first kappa shape index (κ1) is 22.5. The number of fused-ring (bicyclic) bond motifs is 1. The minimum absolute atomic E-state index is 0.0125. The number of carbonyl (C=O) groups is 2. The Kier molecular flexibility index (Phi) is 6.15. The quantitative estimate of drug-likeness (QED) is 0.449. The molecule has 1 N–H and O–H groups in total. The van der Waals surface area contributed by atoms with Crippen molar-refractivity contribution in [2.24, 2.45) is 0 Å². The maximum absolute atomic E-state index is 13.3. The molecular weight excluding hydrogens is 447 g/mol. The van der Waals surface area contributed by atoms with Crippen molar-refractivity contribution in [1.82, 2.24) is 0 Å². The lowest BCUT2D eigenvalue weighted by molar-refractivity contribution is -0.131. The molecule has 1 aliphatic rings. The molecule has 0 saturated heterocycles. The summed E-state index contributed by atoms with van der Waals surface area (Å²) >= 11 is 0. The van der Waals surface area contributed by atoms with Crippen molar-refractivity contribution in [3.05, 3.63) is 83.7 Å². The summed E-state index contributed by atoms with van der Waals surface area (Å²) in [4.78, 5) is 24.2. The number of anilines is 2. The van der Waals surface area contributed by atoms with Crippen LogP contribution < -0.4 is 14.4 Å². The summed E-state index contributed by atoms with van der Waals surface area (Å²) in [6.07, 6.45) is 1.32. The van der Waals surface area contributed by atoms with Gasteiger partial charge in [-0.05, 0) is 66.9 Å². The van der Waals surface area contributed by atoms with E-state index in [1.54, 1.807) is 30.3 Å². The third-order valence-electron chi connectivity index (χ3n) is 5.21. The van der Waals surface area contributed by atoms with E-state index in [4.69, 9.17) is 4.74 Å². The van der Waals surface area contributed by atoms with E-state index in [1.807, 2.05) is 0 Å². The second-order valence-corrected chi connectivity index (χ2v) is 9.38. The number of sulfonamides is 1. The zero-order valence-corrected chi connectivity index (χ0v) is 18.6. The van der Waals surface area contributed by atoms with Crippen molar-refractivity contribution in [3.63, 3.8) is 0 Å². The van der Waals surface area contributed by atoms with Crippen LogP contribution in [0.4, 0.5) is 15.8 Å². The van der Waals surface area contributed by atoms with Crippen molar-refractivity contribution in [2.75, 3.05) is 16.2 Å². The van der Waals surface area contributed by atoms with Gasteiger partial charge in [0.2, 0.25) is 0 Å². The average Bonchev–Trinajstić information content (AvgIpc) is 2.79. The number of halogens is 1. The number of nitrogens with zero attached hydrogens (tertiary/aromatic N) is 1. The van der Waals surface area contributed by atoms with Gasteiger partial charge in [-0.2, -0.15) is 0 Å². The van der Waals surface area contributed by atoms with Crippen molar-refractivity contribution in [1.29, 1.82) is 0 Å². The minimum atomic E-state index is -3.91. The molecular formula is C24H21FN2O5S. The third-order valence-corrected chi connectivity index (χ3v) is 7.03. The van der Waals surface area contributed by atoms with Gasteiger partial charge < -0.3 is 10.1 Å². The number of esters is 1. The van der Waals surface area contributed by atoms with Crippen LogP contribution in [0.1, 0.15) is 29.3 Å². The molecule has 0 atom stereocenters. The van der Waals surface area contributed by atoms with E-state index in [9.17, 15) is 22.4 Å². The number of amides is 1. The van der Waals surface area contributed by atoms with Gasteiger partial charge in [-0.15, -0.1) is 0 Å². The normalized spacial score (nSPS) is 13.2. The molecule has 0 spiro atoms. The van der Waals surface area contributed by atoms with E-state index in [-0.39, 0.29) is 22.8 Å². The van der Waals surface area contributed by atoms with Crippen LogP contribution in [0.3, 0.4) is 0 Å². The summed E-state index contributed by atoms with van der Waals surface area (Å²) in [5.74, 6) is -1.45. The van der Waals surface area contributed by atoms with Crippen LogP contribution in [-0.2, 0) is 21.2 Å². The smallest absolute Gasteiger partial charge is 0.308 e. The number of hydrogen-bond acceptors (Lipinski definition) is 5. The van der Waals surface area contributed by atoms with Gasteiger partial charge in [0.05, 0.1) is 16.1 Å². The zero-order chi connectivity index (χ0) is 23.6. The van der Waals surface area contributed by atoms with E-state index < -0.39 is 27.7 Å². The third kappa shape index (κ3) is 4.73. The van der Waals surface area contributed by atoms with Crippen LogP contribution in [0.2, 0.25) is 0 Å². The molecule has 0 aromatic heterocycles. The fourth-order valence-electron chi connectivity index (χ4n) is 3.70. The van der Waals surface area contributed by atoms with Crippen LogP contribution in [0.5, 0.6) is 5.75 Å². The van der Waals surface area contributed by atoms with Gasteiger partial charge in [0.15, 0.2) is 0 Å². The summed E-state index contributed by atoms with van der Waals surface area (Å²) in [6.45, 7) is 1.51. The maximum atomic E-state index is 13.3.